The van der Waals surface area contributed by atoms with Crippen LogP contribution in [0, 0.1) is 5.92 Å². The van der Waals surface area contributed by atoms with E-state index in [0.29, 0.717) is 21.8 Å². The molecule has 1 atom stereocenters. The molecule has 0 amide bonds. The van der Waals surface area contributed by atoms with Crippen molar-refractivity contribution in [2.24, 2.45) is 5.92 Å². The van der Waals surface area contributed by atoms with E-state index in [9.17, 15) is 8.42 Å². The molecule has 0 N–H and O–H groups in total. The molecule has 1 unspecified atom stereocenters. The molecule has 1 fully saturated rings. The maximum Gasteiger partial charge on any atom is 0.244 e. The summed E-state index contributed by atoms with van der Waals surface area (Å²) in [5.74, 6) is 0.468. The molecule has 0 aliphatic heterocycles. The molecule has 1 aliphatic carbocycles. The third kappa shape index (κ3) is 3.67. The van der Waals surface area contributed by atoms with Crippen LogP contribution in [0.4, 0.5) is 0 Å². The zero-order chi connectivity index (χ0) is 16.4. The van der Waals surface area contributed by atoms with Crippen LogP contribution in [0.3, 0.4) is 0 Å². The second kappa shape index (κ2) is 6.75. The van der Waals surface area contributed by atoms with Crippen LogP contribution in [0.5, 0.6) is 0 Å². The second-order valence-corrected chi connectivity index (χ2v) is 8.76. The molecule has 23 heavy (non-hydrogen) atoms. The van der Waals surface area contributed by atoms with Gasteiger partial charge in [0.25, 0.3) is 0 Å². The number of nitrogens with zero attached hydrogens (tertiary/aromatic N) is 1. The molecule has 2 aromatic rings. The van der Waals surface area contributed by atoms with Gasteiger partial charge < -0.3 is 0 Å². The summed E-state index contributed by atoms with van der Waals surface area (Å²) in [7, 11) is -3.55. The van der Waals surface area contributed by atoms with E-state index in [0.717, 1.165) is 18.4 Å². The predicted molar refractivity (Wildman–Crippen MR) is 95.5 cm³/mol. The van der Waals surface area contributed by atoms with Gasteiger partial charge in [0, 0.05) is 17.1 Å². The third-order valence-electron chi connectivity index (χ3n) is 4.36. The molecule has 0 spiro atoms. The first-order valence-electron chi connectivity index (χ1n) is 7.80. The zero-order valence-corrected chi connectivity index (χ0v) is 15.4. The Morgan fingerprint density at radius 1 is 1.09 bits per heavy atom. The van der Waals surface area contributed by atoms with Crippen LogP contribution in [-0.2, 0) is 16.6 Å². The molecule has 0 heterocycles. The van der Waals surface area contributed by atoms with Crippen LogP contribution in [-0.4, -0.2) is 18.8 Å². The summed E-state index contributed by atoms with van der Waals surface area (Å²) in [6, 6.07) is 16.8. The average molecular weight is 394 g/mol. The molecule has 5 heteroatoms. The Kier molecular flexibility index (Phi) is 4.90. The molecular formula is C18H20BrNO2S. The molecule has 0 radical (unpaired) electrons. The van der Waals surface area contributed by atoms with Crippen molar-refractivity contribution in [2.75, 3.05) is 0 Å². The summed E-state index contributed by atoms with van der Waals surface area (Å²) in [5.41, 5.74) is 1.01. The van der Waals surface area contributed by atoms with E-state index in [1.54, 1.807) is 22.5 Å². The first-order valence-corrected chi connectivity index (χ1v) is 10.0. The van der Waals surface area contributed by atoms with Gasteiger partial charge in [-0.3, -0.25) is 0 Å². The molecule has 1 aliphatic rings. The van der Waals surface area contributed by atoms with Crippen LogP contribution >= 0.6 is 15.9 Å². The Hall–Kier alpha value is -1.17. The quantitative estimate of drug-likeness (QED) is 0.727. The summed E-state index contributed by atoms with van der Waals surface area (Å²) in [5, 5.41) is 0. The standard InChI is InChI=1S/C18H20BrNO2S/c1-14(16-11-12-16)20(13-15-7-3-2-4-8-15)23(21,22)18-10-6-5-9-17(18)19/h2-10,14,16H,11-13H2,1H3. The average Bonchev–Trinajstić information content (AvgIpc) is 3.38. The number of rotatable bonds is 6. The van der Waals surface area contributed by atoms with E-state index < -0.39 is 10.0 Å². The number of hydrogen-bond acceptors (Lipinski definition) is 2. The monoisotopic (exact) mass is 393 g/mol. The number of sulfonamides is 1. The van der Waals surface area contributed by atoms with Gasteiger partial charge >= 0.3 is 0 Å². The summed E-state index contributed by atoms with van der Waals surface area (Å²) in [4.78, 5) is 0.337. The van der Waals surface area contributed by atoms with Crippen LogP contribution < -0.4 is 0 Å². The number of benzene rings is 2. The highest BCUT2D eigenvalue weighted by atomic mass is 79.9. The fraction of sp³-hybridized carbons (Fsp3) is 0.333. The van der Waals surface area contributed by atoms with Crippen LogP contribution in [0.2, 0.25) is 0 Å². The van der Waals surface area contributed by atoms with Gasteiger partial charge in [0.15, 0.2) is 0 Å². The van der Waals surface area contributed by atoms with Crippen molar-refractivity contribution in [3.8, 4) is 0 Å². The van der Waals surface area contributed by atoms with E-state index in [1.165, 1.54) is 0 Å². The summed E-state index contributed by atoms with van der Waals surface area (Å²) in [6.45, 7) is 2.43. The minimum absolute atomic E-state index is 0.00677. The number of hydrogen-bond donors (Lipinski definition) is 0. The van der Waals surface area contributed by atoms with Gasteiger partial charge in [0.05, 0.1) is 4.90 Å². The van der Waals surface area contributed by atoms with Crippen molar-refractivity contribution in [1.29, 1.82) is 0 Å². The first kappa shape index (κ1) is 16.7. The van der Waals surface area contributed by atoms with E-state index in [1.807, 2.05) is 43.3 Å². The van der Waals surface area contributed by atoms with Crippen molar-refractivity contribution in [3.05, 3.63) is 64.6 Å². The van der Waals surface area contributed by atoms with E-state index in [4.69, 9.17) is 0 Å². The maximum absolute atomic E-state index is 13.2. The molecule has 122 valence electrons. The zero-order valence-electron chi connectivity index (χ0n) is 13.0. The Morgan fingerprint density at radius 2 is 1.70 bits per heavy atom. The molecule has 3 rings (SSSR count). The Morgan fingerprint density at radius 3 is 2.30 bits per heavy atom. The van der Waals surface area contributed by atoms with Crippen LogP contribution in [0.1, 0.15) is 25.3 Å². The van der Waals surface area contributed by atoms with Gasteiger partial charge in [-0.25, -0.2) is 8.42 Å². The third-order valence-corrected chi connectivity index (χ3v) is 7.31. The largest absolute Gasteiger partial charge is 0.244 e. The summed E-state index contributed by atoms with van der Waals surface area (Å²) < 4.78 is 28.7. The minimum atomic E-state index is -3.55. The Balaban J connectivity index is 1.98. The lowest BCUT2D eigenvalue weighted by molar-refractivity contribution is 0.303. The Bertz CT molecular complexity index is 773. The Labute approximate surface area is 146 Å². The SMILES string of the molecule is CC(C1CC1)N(Cc1ccccc1)S(=O)(=O)c1ccccc1Br. The van der Waals surface area contributed by atoms with Gasteiger partial charge in [-0.1, -0.05) is 42.5 Å². The lowest BCUT2D eigenvalue weighted by atomic mass is 10.2. The van der Waals surface area contributed by atoms with Crippen molar-refractivity contribution in [1.82, 2.24) is 4.31 Å². The summed E-state index contributed by atoms with van der Waals surface area (Å²) in [6.07, 6.45) is 2.22. The molecule has 0 aromatic heterocycles. The predicted octanol–water partition coefficient (Wildman–Crippen LogP) is 4.44. The molecule has 2 aromatic carbocycles. The molecule has 0 bridgehead atoms. The molecule has 3 nitrogen and oxygen atoms in total. The van der Waals surface area contributed by atoms with E-state index in [2.05, 4.69) is 15.9 Å². The van der Waals surface area contributed by atoms with Gasteiger partial charge in [-0.15, -0.1) is 0 Å². The van der Waals surface area contributed by atoms with Gasteiger partial charge in [0.1, 0.15) is 0 Å². The second-order valence-electron chi connectivity index (χ2n) is 6.04. The highest BCUT2D eigenvalue weighted by Gasteiger charge is 2.38. The van der Waals surface area contributed by atoms with Crippen LogP contribution in [0.15, 0.2) is 64.0 Å². The van der Waals surface area contributed by atoms with Crippen molar-refractivity contribution in [2.45, 2.75) is 37.2 Å². The van der Waals surface area contributed by atoms with Crippen LogP contribution in [0.25, 0.3) is 0 Å². The lowest BCUT2D eigenvalue weighted by Crippen LogP contribution is -2.39. The smallest absolute Gasteiger partial charge is 0.207 e. The van der Waals surface area contributed by atoms with Gasteiger partial charge in [-0.05, 0) is 59.3 Å². The van der Waals surface area contributed by atoms with Crippen molar-refractivity contribution >= 4 is 26.0 Å². The fourth-order valence-electron chi connectivity index (χ4n) is 2.81. The van der Waals surface area contributed by atoms with Crippen molar-refractivity contribution in [3.63, 3.8) is 0 Å². The highest BCUT2D eigenvalue weighted by Crippen LogP contribution is 2.38. The molecular weight excluding hydrogens is 374 g/mol. The first-order chi connectivity index (χ1) is 11.0. The minimum Gasteiger partial charge on any atom is -0.207 e. The normalized spacial score (nSPS) is 16.5. The lowest BCUT2D eigenvalue weighted by Gasteiger charge is -2.29. The van der Waals surface area contributed by atoms with E-state index in [-0.39, 0.29) is 6.04 Å². The maximum atomic E-state index is 13.2. The highest BCUT2D eigenvalue weighted by molar-refractivity contribution is 9.10. The van der Waals surface area contributed by atoms with Gasteiger partial charge in [0.2, 0.25) is 10.0 Å². The van der Waals surface area contributed by atoms with Crippen molar-refractivity contribution < 1.29 is 8.42 Å². The fourth-order valence-corrected chi connectivity index (χ4v) is 5.45. The van der Waals surface area contributed by atoms with E-state index >= 15 is 0 Å². The summed E-state index contributed by atoms with van der Waals surface area (Å²) >= 11 is 3.38. The molecule has 0 saturated heterocycles. The van der Waals surface area contributed by atoms with Gasteiger partial charge in [-0.2, -0.15) is 4.31 Å². The number of halogens is 1. The topological polar surface area (TPSA) is 37.4 Å². The molecule has 1 saturated carbocycles.